The van der Waals surface area contributed by atoms with Crippen LogP contribution in [0.3, 0.4) is 0 Å². The summed E-state index contributed by atoms with van der Waals surface area (Å²) in [6, 6.07) is 6.44. The Labute approximate surface area is 168 Å². The summed E-state index contributed by atoms with van der Waals surface area (Å²) in [6.07, 6.45) is 3.38. The van der Waals surface area contributed by atoms with Crippen molar-refractivity contribution in [2.24, 2.45) is 0 Å². The Morgan fingerprint density at radius 1 is 1.30 bits per heavy atom. The average molecular weight is 405 g/mol. The molecule has 0 saturated carbocycles. The van der Waals surface area contributed by atoms with Crippen molar-refractivity contribution in [1.82, 2.24) is 24.8 Å². The van der Waals surface area contributed by atoms with Crippen molar-refractivity contribution in [2.75, 3.05) is 12.3 Å². The summed E-state index contributed by atoms with van der Waals surface area (Å²) in [5.74, 6) is 0.410. The number of rotatable bonds is 8. The van der Waals surface area contributed by atoms with E-state index >= 15 is 0 Å². The summed E-state index contributed by atoms with van der Waals surface area (Å²) >= 11 is 7.78. The molecule has 0 atom stereocenters. The highest BCUT2D eigenvalue weighted by molar-refractivity contribution is 7.99. The molecule has 27 heavy (non-hydrogen) atoms. The van der Waals surface area contributed by atoms with Crippen LogP contribution in [0.15, 0.2) is 34.6 Å². The van der Waals surface area contributed by atoms with Crippen molar-refractivity contribution in [3.05, 3.63) is 35.1 Å². The van der Waals surface area contributed by atoms with Crippen LogP contribution in [-0.4, -0.2) is 32.1 Å². The van der Waals surface area contributed by atoms with Crippen molar-refractivity contribution in [3.8, 4) is 0 Å². The van der Waals surface area contributed by atoms with E-state index in [4.69, 9.17) is 22.3 Å². The van der Waals surface area contributed by atoms with E-state index in [9.17, 15) is 0 Å². The van der Waals surface area contributed by atoms with Crippen molar-refractivity contribution < 1.29 is 0 Å². The highest BCUT2D eigenvalue weighted by Gasteiger charge is 2.17. The molecule has 0 bridgehead atoms. The molecular formula is C19H25ClN6S. The molecule has 0 aliphatic rings. The summed E-state index contributed by atoms with van der Waals surface area (Å²) in [6.45, 7) is 8.16. The minimum absolute atomic E-state index is 0.410. The molecule has 0 spiro atoms. The molecule has 3 rings (SSSR count). The van der Waals surface area contributed by atoms with E-state index in [-0.39, 0.29) is 0 Å². The van der Waals surface area contributed by atoms with E-state index in [1.54, 1.807) is 11.8 Å². The first-order valence-corrected chi connectivity index (χ1v) is 10.4. The average Bonchev–Trinajstić information content (AvgIpc) is 2.99. The van der Waals surface area contributed by atoms with Crippen molar-refractivity contribution in [3.63, 3.8) is 0 Å². The molecule has 2 heterocycles. The zero-order valence-corrected chi connectivity index (χ0v) is 17.4. The number of fused-ring (bicyclic) bond motifs is 1. The normalized spacial score (nSPS) is 11.6. The number of aromatic nitrogens is 4. The summed E-state index contributed by atoms with van der Waals surface area (Å²) < 4.78 is 2.13. The number of anilines is 1. The number of nitrogens with zero attached hydrogens (tertiary/aromatic N) is 4. The topological polar surface area (TPSA) is 81.7 Å². The van der Waals surface area contributed by atoms with Gasteiger partial charge in [-0.05, 0) is 43.1 Å². The first-order chi connectivity index (χ1) is 13.0. The first-order valence-electron chi connectivity index (χ1n) is 9.16. The number of hydrogen-bond acceptors (Lipinski definition) is 6. The maximum atomic E-state index is 6.15. The Kier molecular flexibility index (Phi) is 6.57. The molecule has 0 aliphatic carbocycles. The highest BCUT2D eigenvalue weighted by atomic mass is 35.5. The van der Waals surface area contributed by atoms with Gasteiger partial charge in [0, 0.05) is 22.5 Å². The maximum Gasteiger partial charge on any atom is 0.175 e. The molecule has 0 radical (unpaired) electrons. The maximum absolute atomic E-state index is 6.15. The van der Waals surface area contributed by atoms with Crippen LogP contribution in [0.2, 0.25) is 5.02 Å². The summed E-state index contributed by atoms with van der Waals surface area (Å²) in [4.78, 5) is 14.4. The first kappa shape index (κ1) is 19.9. The van der Waals surface area contributed by atoms with Crippen LogP contribution in [0.4, 0.5) is 5.82 Å². The molecule has 0 amide bonds. The van der Waals surface area contributed by atoms with E-state index in [1.165, 1.54) is 11.9 Å². The lowest BCUT2D eigenvalue weighted by Crippen LogP contribution is -2.24. The number of aryl methyl sites for hydroxylation is 2. The molecule has 3 N–H and O–H groups in total. The van der Waals surface area contributed by atoms with Crippen LogP contribution in [0.5, 0.6) is 0 Å². The lowest BCUT2D eigenvalue weighted by atomic mass is 10.2. The van der Waals surface area contributed by atoms with Crippen LogP contribution in [0.1, 0.15) is 32.8 Å². The van der Waals surface area contributed by atoms with E-state index in [0.717, 1.165) is 46.7 Å². The number of nitrogens with two attached hydrogens (primary N) is 1. The standard InChI is InChI=1S/C19H25ClN6S/c1-4-13-10-14(20)6-7-15(13)27-19-25-16-17(21)23-11-24-18(16)26(19)9-5-8-22-12(2)3/h6-7,10-12,22H,4-5,8-9H2,1-3H3,(H2,21,23,24). The van der Waals surface area contributed by atoms with Gasteiger partial charge < -0.3 is 15.6 Å². The smallest absolute Gasteiger partial charge is 0.175 e. The van der Waals surface area contributed by atoms with Gasteiger partial charge in [-0.1, -0.05) is 44.1 Å². The predicted molar refractivity (Wildman–Crippen MR) is 112 cm³/mol. The monoisotopic (exact) mass is 404 g/mol. The predicted octanol–water partition coefficient (Wildman–Crippen LogP) is 4.16. The molecule has 144 valence electrons. The Balaban J connectivity index is 1.94. The molecular weight excluding hydrogens is 380 g/mol. The largest absolute Gasteiger partial charge is 0.382 e. The van der Waals surface area contributed by atoms with Crippen molar-refractivity contribution in [1.29, 1.82) is 0 Å². The number of halogens is 1. The van der Waals surface area contributed by atoms with Gasteiger partial charge in [-0.15, -0.1) is 0 Å². The van der Waals surface area contributed by atoms with Crippen LogP contribution in [0.25, 0.3) is 11.2 Å². The molecule has 6 nitrogen and oxygen atoms in total. The molecule has 3 aromatic rings. The molecule has 0 fully saturated rings. The minimum Gasteiger partial charge on any atom is -0.382 e. The van der Waals surface area contributed by atoms with Crippen LogP contribution >= 0.6 is 23.4 Å². The zero-order valence-electron chi connectivity index (χ0n) is 15.9. The molecule has 2 aromatic heterocycles. The van der Waals surface area contributed by atoms with Crippen LogP contribution in [-0.2, 0) is 13.0 Å². The van der Waals surface area contributed by atoms with E-state index in [2.05, 4.69) is 40.6 Å². The molecule has 0 unspecified atom stereocenters. The summed E-state index contributed by atoms with van der Waals surface area (Å²) in [5.41, 5.74) is 8.67. The quantitative estimate of drug-likeness (QED) is 0.548. The minimum atomic E-state index is 0.410. The fourth-order valence-corrected chi connectivity index (χ4v) is 4.15. The van der Waals surface area contributed by atoms with Gasteiger partial charge in [0.2, 0.25) is 0 Å². The Hall–Kier alpha value is -1.83. The second-order valence-electron chi connectivity index (χ2n) is 6.65. The van der Waals surface area contributed by atoms with Crippen molar-refractivity contribution >= 4 is 40.3 Å². The Morgan fingerprint density at radius 3 is 2.85 bits per heavy atom. The number of benzene rings is 1. The lowest BCUT2D eigenvalue weighted by molar-refractivity contribution is 0.525. The fourth-order valence-electron chi connectivity index (χ4n) is 2.86. The second-order valence-corrected chi connectivity index (χ2v) is 8.09. The molecule has 0 aliphatic heterocycles. The molecule has 1 aromatic carbocycles. The van der Waals surface area contributed by atoms with Crippen LogP contribution in [0, 0.1) is 0 Å². The fraction of sp³-hybridized carbons (Fsp3) is 0.421. The third-order valence-corrected chi connectivity index (χ3v) is 5.59. The van der Waals surface area contributed by atoms with Gasteiger partial charge in [0.1, 0.15) is 6.33 Å². The van der Waals surface area contributed by atoms with Gasteiger partial charge in [-0.3, -0.25) is 0 Å². The van der Waals surface area contributed by atoms with Gasteiger partial charge in [0.05, 0.1) is 0 Å². The number of imidazole rings is 1. The zero-order chi connectivity index (χ0) is 19.4. The third kappa shape index (κ3) is 4.72. The van der Waals surface area contributed by atoms with Crippen LogP contribution < -0.4 is 11.1 Å². The number of nitrogens with one attached hydrogen (secondary N) is 1. The van der Waals surface area contributed by atoms with Gasteiger partial charge in [0.25, 0.3) is 0 Å². The van der Waals surface area contributed by atoms with Gasteiger partial charge >= 0.3 is 0 Å². The third-order valence-electron chi connectivity index (χ3n) is 4.24. The number of hydrogen-bond donors (Lipinski definition) is 2. The van der Waals surface area contributed by atoms with Gasteiger partial charge in [0.15, 0.2) is 22.1 Å². The van der Waals surface area contributed by atoms with Crippen molar-refractivity contribution in [2.45, 2.75) is 56.3 Å². The number of nitrogen functional groups attached to an aromatic ring is 1. The molecule has 8 heteroatoms. The lowest BCUT2D eigenvalue weighted by Gasteiger charge is -2.12. The summed E-state index contributed by atoms with van der Waals surface area (Å²) in [7, 11) is 0. The second kappa shape index (κ2) is 8.91. The van der Waals surface area contributed by atoms with E-state index in [0.29, 0.717) is 17.4 Å². The van der Waals surface area contributed by atoms with E-state index in [1.807, 2.05) is 18.2 Å². The summed E-state index contributed by atoms with van der Waals surface area (Å²) in [5, 5.41) is 5.07. The van der Waals surface area contributed by atoms with Gasteiger partial charge in [-0.25, -0.2) is 15.0 Å². The molecule has 0 saturated heterocycles. The Morgan fingerprint density at radius 2 is 2.11 bits per heavy atom. The highest BCUT2D eigenvalue weighted by Crippen LogP contribution is 2.34. The van der Waals surface area contributed by atoms with E-state index < -0.39 is 0 Å². The SMILES string of the molecule is CCc1cc(Cl)ccc1Sc1nc2c(N)ncnc2n1CCCNC(C)C. The van der Waals surface area contributed by atoms with Gasteiger partial charge in [-0.2, -0.15) is 0 Å². The Bertz CT molecular complexity index is 924.